The molecule has 1 heterocycles. The van der Waals surface area contributed by atoms with Gasteiger partial charge in [-0.25, -0.2) is 0 Å². The molecule has 3 aromatic rings. The Kier molecular flexibility index (Phi) is 4.39. The molecule has 1 aliphatic rings. The molecule has 6 heteroatoms. The van der Waals surface area contributed by atoms with Crippen LogP contribution in [0.3, 0.4) is 0 Å². The summed E-state index contributed by atoms with van der Waals surface area (Å²) < 4.78 is 10.5. The molecule has 1 N–H and O–H groups in total. The molecule has 0 bridgehead atoms. The Bertz CT molecular complexity index is 1090. The van der Waals surface area contributed by atoms with Crippen LogP contribution < -0.4 is 19.7 Å². The normalized spacial score (nSPS) is 13.5. The van der Waals surface area contributed by atoms with E-state index in [0.29, 0.717) is 22.7 Å². The molecule has 0 unspecified atom stereocenters. The number of methoxy groups -OCH3 is 2. The van der Waals surface area contributed by atoms with E-state index in [2.05, 4.69) is 5.32 Å². The summed E-state index contributed by atoms with van der Waals surface area (Å²) in [5.41, 5.74) is 1.85. The summed E-state index contributed by atoms with van der Waals surface area (Å²) in [5, 5.41) is 4.72. The predicted molar refractivity (Wildman–Crippen MR) is 108 cm³/mol. The van der Waals surface area contributed by atoms with Gasteiger partial charge in [0.15, 0.2) is 0 Å². The fourth-order valence-corrected chi connectivity index (χ4v) is 3.59. The van der Waals surface area contributed by atoms with Gasteiger partial charge in [0, 0.05) is 17.0 Å². The number of rotatable bonds is 5. The standard InChI is InChI=1S/C22H20N2O4/c1-13(21(25)23-17-12-15(27-2)10-11-19(17)28-3)24-18-9-5-7-14-6-4-8-16(20(14)18)22(24)26/h4-13H,1-3H3,(H,23,25)/t13-/m0/s1. The molecule has 142 valence electrons. The lowest BCUT2D eigenvalue weighted by molar-refractivity contribution is -0.117. The number of ether oxygens (including phenoxy) is 2. The van der Waals surface area contributed by atoms with E-state index in [1.807, 2.05) is 30.3 Å². The number of benzene rings is 3. The number of nitrogens with zero attached hydrogens (tertiary/aromatic N) is 1. The maximum atomic E-state index is 13.0. The number of carbonyl (C=O) groups excluding carboxylic acids is 2. The summed E-state index contributed by atoms with van der Waals surface area (Å²) in [7, 11) is 3.08. The maximum absolute atomic E-state index is 13.0. The highest BCUT2D eigenvalue weighted by atomic mass is 16.5. The first kappa shape index (κ1) is 17.9. The van der Waals surface area contributed by atoms with Crippen LogP contribution in [0.1, 0.15) is 17.3 Å². The van der Waals surface area contributed by atoms with Crippen molar-refractivity contribution < 1.29 is 19.1 Å². The minimum absolute atomic E-state index is 0.174. The van der Waals surface area contributed by atoms with Crippen molar-refractivity contribution in [2.45, 2.75) is 13.0 Å². The largest absolute Gasteiger partial charge is 0.497 e. The summed E-state index contributed by atoms with van der Waals surface area (Å²) >= 11 is 0. The first-order valence-corrected chi connectivity index (χ1v) is 8.93. The lowest BCUT2D eigenvalue weighted by atomic mass is 10.1. The van der Waals surface area contributed by atoms with E-state index in [0.717, 1.165) is 16.5 Å². The van der Waals surface area contributed by atoms with Gasteiger partial charge in [0.2, 0.25) is 5.91 Å². The van der Waals surface area contributed by atoms with Crippen molar-refractivity contribution in [1.82, 2.24) is 0 Å². The second-order valence-corrected chi connectivity index (χ2v) is 6.59. The Labute approximate surface area is 162 Å². The fourth-order valence-electron chi connectivity index (χ4n) is 3.59. The van der Waals surface area contributed by atoms with Crippen LogP contribution in [0, 0.1) is 0 Å². The second kappa shape index (κ2) is 6.88. The van der Waals surface area contributed by atoms with Crippen LogP contribution in [-0.2, 0) is 4.79 Å². The number of amides is 2. The molecule has 0 saturated heterocycles. The molecule has 0 spiro atoms. The molecule has 1 aliphatic heterocycles. The summed E-state index contributed by atoms with van der Waals surface area (Å²) in [6.45, 7) is 1.71. The van der Waals surface area contributed by atoms with E-state index in [-0.39, 0.29) is 11.8 Å². The van der Waals surface area contributed by atoms with Crippen molar-refractivity contribution in [1.29, 1.82) is 0 Å². The van der Waals surface area contributed by atoms with Crippen molar-refractivity contribution in [2.24, 2.45) is 0 Å². The van der Waals surface area contributed by atoms with E-state index in [9.17, 15) is 9.59 Å². The van der Waals surface area contributed by atoms with Crippen LogP contribution in [0.25, 0.3) is 10.8 Å². The number of hydrogen-bond acceptors (Lipinski definition) is 4. The van der Waals surface area contributed by atoms with Crippen LogP contribution >= 0.6 is 0 Å². The molecule has 4 rings (SSSR count). The van der Waals surface area contributed by atoms with Gasteiger partial charge in [-0.05, 0) is 36.6 Å². The monoisotopic (exact) mass is 376 g/mol. The third-order valence-corrected chi connectivity index (χ3v) is 5.02. The van der Waals surface area contributed by atoms with Gasteiger partial charge in [-0.2, -0.15) is 0 Å². The molecule has 0 radical (unpaired) electrons. The van der Waals surface area contributed by atoms with Crippen LogP contribution in [0.2, 0.25) is 0 Å². The van der Waals surface area contributed by atoms with Gasteiger partial charge in [-0.3, -0.25) is 14.5 Å². The molecular formula is C22H20N2O4. The number of carbonyl (C=O) groups is 2. The first-order chi connectivity index (χ1) is 13.5. The molecular weight excluding hydrogens is 356 g/mol. The molecule has 0 saturated carbocycles. The van der Waals surface area contributed by atoms with E-state index >= 15 is 0 Å². The van der Waals surface area contributed by atoms with Crippen LogP contribution in [0.5, 0.6) is 11.5 Å². The zero-order chi connectivity index (χ0) is 19.8. The van der Waals surface area contributed by atoms with Crippen LogP contribution in [0.4, 0.5) is 11.4 Å². The quantitative estimate of drug-likeness (QED) is 0.735. The average Bonchev–Trinajstić information content (AvgIpc) is 3.01. The van der Waals surface area contributed by atoms with Gasteiger partial charge < -0.3 is 14.8 Å². The Hall–Kier alpha value is -3.54. The van der Waals surface area contributed by atoms with Gasteiger partial charge in [0.1, 0.15) is 17.5 Å². The highest BCUT2D eigenvalue weighted by Gasteiger charge is 2.35. The smallest absolute Gasteiger partial charge is 0.259 e. The van der Waals surface area contributed by atoms with Gasteiger partial charge >= 0.3 is 0 Å². The Morgan fingerprint density at radius 2 is 1.79 bits per heavy atom. The van der Waals surface area contributed by atoms with Crippen molar-refractivity contribution in [3.63, 3.8) is 0 Å². The number of hydrogen-bond donors (Lipinski definition) is 1. The van der Waals surface area contributed by atoms with Crippen LogP contribution in [-0.4, -0.2) is 32.1 Å². The van der Waals surface area contributed by atoms with Crippen molar-refractivity contribution in [2.75, 3.05) is 24.4 Å². The molecule has 0 aromatic heterocycles. The summed E-state index contributed by atoms with van der Waals surface area (Å²) in [5.74, 6) is 0.620. The third-order valence-electron chi connectivity index (χ3n) is 5.02. The summed E-state index contributed by atoms with van der Waals surface area (Å²) in [6.07, 6.45) is 0. The van der Waals surface area contributed by atoms with Gasteiger partial charge in [-0.1, -0.05) is 24.3 Å². The Balaban J connectivity index is 1.66. The minimum Gasteiger partial charge on any atom is -0.497 e. The lowest BCUT2D eigenvalue weighted by Gasteiger charge is -2.25. The lowest BCUT2D eigenvalue weighted by Crippen LogP contribution is -2.44. The third kappa shape index (κ3) is 2.74. The van der Waals surface area contributed by atoms with Crippen molar-refractivity contribution in [3.8, 4) is 11.5 Å². The second-order valence-electron chi connectivity index (χ2n) is 6.59. The average molecular weight is 376 g/mol. The van der Waals surface area contributed by atoms with Crippen LogP contribution in [0.15, 0.2) is 54.6 Å². The van der Waals surface area contributed by atoms with Gasteiger partial charge in [0.05, 0.1) is 25.6 Å². The topological polar surface area (TPSA) is 67.9 Å². The zero-order valence-electron chi connectivity index (χ0n) is 15.9. The predicted octanol–water partition coefficient (Wildman–Crippen LogP) is 3.84. The summed E-state index contributed by atoms with van der Waals surface area (Å²) in [4.78, 5) is 27.5. The molecule has 28 heavy (non-hydrogen) atoms. The van der Waals surface area contributed by atoms with E-state index in [1.165, 1.54) is 7.11 Å². The van der Waals surface area contributed by atoms with E-state index in [4.69, 9.17) is 9.47 Å². The van der Waals surface area contributed by atoms with Crippen molar-refractivity contribution in [3.05, 3.63) is 60.2 Å². The van der Waals surface area contributed by atoms with Gasteiger partial charge in [0.25, 0.3) is 5.91 Å². The highest BCUT2D eigenvalue weighted by Crippen LogP contribution is 2.38. The molecule has 3 aromatic carbocycles. The first-order valence-electron chi connectivity index (χ1n) is 8.93. The maximum Gasteiger partial charge on any atom is 0.259 e. The molecule has 0 aliphatic carbocycles. The van der Waals surface area contributed by atoms with E-state index in [1.54, 1.807) is 43.2 Å². The Morgan fingerprint density at radius 3 is 2.50 bits per heavy atom. The van der Waals surface area contributed by atoms with Gasteiger partial charge in [-0.15, -0.1) is 0 Å². The molecule has 6 nitrogen and oxygen atoms in total. The SMILES string of the molecule is COc1ccc(OC)c(NC(=O)[C@H](C)N2C(=O)c3cccc4cccc2c34)c1. The van der Waals surface area contributed by atoms with Crippen molar-refractivity contribution >= 4 is 34.0 Å². The minimum atomic E-state index is -0.707. The summed E-state index contributed by atoms with van der Waals surface area (Å²) in [6, 6.07) is 15.8. The number of anilines is 2. The fraction of sp³-hybridized carbons (Fsp3) is 0.182. The van der Waals surface area contributed by atoms with E-state index < -0.39 is 6.04 Å². The molecule has 1 atom stereocenters. The Morgan fingerprint density at radius 1 is 1.04 bits per heavy atom. The molecule has 0 fully saturated rings. The number of nitrogens with one attached hydrogen (secondary N) is 1. The molecule has 2 amide bonds. The zero-order valence-corrected chi connectivity index (χ0v) is 15.9. The highest BCUT2D eigenvalue weighted by molar-refractivity contribution is 6.27.